The minimum Gasteiger partial charge on any atom is -0.378 e. The first-order valence-electron chi connectivity index (χ1n) is 11.8. The van der Waals surface area contributed by atoms with Gasteiger partial charge in [-0.15, -0.1) is 6.58 Å². The summed E-state index contributed by atoms with van der Waals surface area (Å²) in [5.41, 5.74) is 1.83. The van der Waals surface area contributed by atoms with Crippen molar-refractivity contribution in [3.8, 4) is 0 Å². The summed E-state index contributed by atoms with van der Waals surface area (Å²) in [5, 5.41) is 1.08. The Morgan fingerprint density at radius 1 is 1.13 bits per heavy atom. The largest absolute Gasteiger partial charge is 0.378 e. The Balaban J connectivity index is 1.31. The van der Waals surface area contributed by atoms with E-state index >= 15 is 0 Å². The van der Waals surface area contributed by atoms with Crippen LogP contribution in [0.2, 0.25) is 0 Å². The summed E-state index contributed by atoms with van der Waals surface area (Å²) >= 11 is 0. The van der Waals surface area contributed by atoms with Crippen LogP contribution in [0.15, 0.2) is 43.1 Å². The zero-order valence-corrected chi connectivity index (χ0v) is 19.3. The van der Waals surface area contributed by atoms with Gasteiger partial charge < -0.3 is 19.5 Å². The minimum atomic E-state index is 0.117. The van der Waals surface area contributed by atoms with E-state index < -0.39 is 0 Å². The fourth-order valence-corrected chi connectivity index (χ4v) is 4.55. The molecule has 31 heavy (non-hydrogen) atoms. The van der Waals surface area contributed by atoms with E-state index in [9.17, 15) is 4.79 Å². The molecule has 1 aromatic heterocycles. The molecule has 0 atom stereocenters. The average Bonchev–Trinajstić information content (AvgIpc) is 3.26. The number of rotatable bonds is 12. The fourth-order valence-electron chi connectivity index (χ4n) is 4.55. The zero-order chi connectivity index (χ0) is 22.1. The molecule has 0 spiro atoms. The molecule has 0 unspecified atom stereocenters. The first-order chi connectivity index (χ1) is 15.1. The van der Waals surface area contributed by atoms with Crippen molar-refractivity contribution >= 4 is 16.8 Å². The molecule has 5 heteroatoms. The Morgan fingerprint density at radius 2 is 1.90 bits per heavy atom. The van der Waals surface area contributed by atoms with Crippen molar-refractivity contribution in [3.05, 3.63) is 48.7 Å². The molecule has 170 valence electrons. The number of aromatic amines is 1. The monoisotopic (exact) mass is 425 g/mol. The van der Waals surface area contributed by atoms with E-state index in [-0.39, 0.29) is 5.91 Å². The highest BCUT2D eigenvalue weighted by molar-refractivity contribution is 5.98. The predicted molar refractivity (Wildman–Crippen MR) is 129 cm³/mol. The number of H-pyrrole nitrogens is 1. The van der Waals surface area contributed by atoms with E-state index in [2.05, 4.69) is 23.5 Å². The van der Waals surface area contributed by atoms with E-state index in [0.717, 1.165) is 68.3 Å². The molecule has 0 saturated heterocycles. The van der Waals surface area contributed by atoms with Crippen LogP contribution in [-0.4, -0.2) is 66.6 Å². The lowest BCUT2D eigenvalue weighted by Gasteiger charge is -2.34. The molecule has 0 radical (unpaired) electrons. The van der Waals surface area contributed by atoms with Crippen LogP contribution >= 0.6 is 0 Å². The first kappa shape index (κ1) is 23.6. The number of hydrogen-bond donors (Lipinski definition) is 1. The molecule has 0 aliphatic heterocycles. The van der Waals surface area contributed by atoms with Crippen molar-refractivity contribution in [2.24, 2.45) is 0 Å². The SMILES string of the molecule is C=CCN(C)CCCCCCOC1CCC(N(C)C(=O)c2ccc3[nH]ccc3c2)CC1. The lowest BCUT2D eigenvalue weighted by Crippen LogP contribution is -2.40. The van der Waals surface area contributed by atoms with Crippen molar-refractivity contribution in [3.63, 3.8) is 0 Å². The van der Waals surface area contributed by atoms with E-state index in [4.69, 9.17) is 4.74 Å². The van der Waals surface area contributed by atoms with Crippen LogP contribution in [0.25, 0.3) is 10.9 Å². The number of nitrogens with one attached hydrogen (secondary N) is 1. The summed E-state index contributed by atoms with van der Waals surface area (Å²) in [6.07, 6.45) is 13.2. The summed E-state index contributed by atoms with van der Waals surface area (Å²) in [5.74, 6) is 0.117. The van der Waals surface area contributed by atoms with Gasteiger partial charge in [0.1, 0.15) is 0 Å². The Labute approximate surface area is 187 Å². The number of amides is 1. The number of hydrogen-bond acceptors (Lipinski definition) is 3. The second-order valence-electron chi connectivity index (χ2n) is 8.96. The molecular weight excluding hydrogens is 386 g/mol. The second kappa shape index (κ2) is 12.1. The van der Waals surface area contributed by atoms with Crippen molar-refractivity contribution < 1.29 is 9.53 Å². The average molecular weight is 426 g/mol. The number of unbranched alkanes of at least 4 members (excludes halogenated alkanes) is 3. The molecule has 1 aliphatic rings. The first-order valence-corrected chi connectivity index (χ1v) is 11.8. The third-order valence-electron chi connectivity index (χ3n) is 6.54. The maximum Gasteiger partial charge on any atom is 0.253 e. The van der Waals surface area contributed by atoms with E-state index in [1.165, 1.54) is 19.3 Å². The van der Waals surface area contributed by atoms with Crippen LogP contribution in [0.5, 0.6) is 0 Å². The van der Waals surface area contributed by atoms with Gasteiger partial charge in [0.25, 0.3) is 5.91 Å². The Hall–Kier alpha value is -2.11. The standard InChI is InChI=1S/C26H39N3O2/c1-4-17-28(2)18-7-5-6-8-19-31-24-12-10-23(11-13-24)29(3)26(30)22-9-14-25-21(20-22)15-16-27-25/h4,9,14-16,20,23-24,27H,1,5-8,10-13,17-19H2,2-3H3. The van der Waals surface area contributed by atoms with Crippen LogP contribution in [0.3, 0.4) is 0 Å². The van der Waals surface area contributed by atoms with Crippen LogP contribution in [0.1, 0.15) is 61.7 Å². The number of ether oxygens (including phenoxy) is 1. The van der Waals surface area contributed by atoms with E-state index in [1.54, 1.807) is 0 Å². The van der Waals surface area contributed by atoms with Crippen molar-refractivity contribution in [1.82, 2.24) is 14.8 Å². The third-order valence-corrected chi connectivity index (χ3v) is 6.54. The molecule has 1 N–H and O–H groups in total. The molecule has 1 fully saturated rings. The smallest absolute Gasteiger partial charge is 0.253 e. The van der Waals surface area contributed by atoms with Gasteiger partial charge in [-0.2, -0.15) is 0 Å². The molecule has 1 aromatic carbocycles. The Morgan fingerprint density at radius 3 is 2.68 bits per heavy atom. The molecule has 3 rings (SSSR count). The van der Waals surface area contributed by atoms with Gasteiger partial charge in [-0.3, -0.25) is 4.79 Å². The summed E-state index contributed by atoms with van der Waals surface area (Å²) in [6.45, 7) is 6.75. The molecule has 1 heterocycles. The maximum absolute atomic E-state index is 12.9. The van der Waals surface area contributed by atoms with Gasteiger partial charge >= 0.3 is 0 Å². The highest BCUT2D eigenvalue weighted by Crippen LogP contribution is 2.26. The molecule has 5 nitrogen and oxygen atoms in total. The zero-order valence-electron chi connectivity index (χ0n) is 19.3. The Kier molecular flexibility index (Phi) is 9.16. The van der Waals surface area contributed by atoms with Crippen LogP contribution in [0.4, 0.5) is 0 Å². The highest BCUT2D eigenvalue weighted by Gasteiger charge is 2.27. The molecule has 1 saturated carbocycles. The van der Waals surface area contributed by atoms with Crippen molar-refractivity contribution in [2.75, 3.05) is 33.8 Å². The minimum absolute atomic E-state index is 0.117. The predicted octanol–water partition coefficient (Wildman–Crippen LogP) is 5.25. The third kappa shape index (κ3) is 6.94. The Bertz CT molecular complexity index is 823. The molecule has 1 amide bonds. The fraction of sp³-hybridized carbons (Fsp3) is 0.577. The van der Waals surface area contributed by atoms with Gasteiger partial charge in [0.15, 0.2) is 0 Å². The summed E-state index contributed by atoms with van der Waals surface area (Å²) < 4.78 is 6.13. The van der Waals surface area contributed by atoms with E-state index in [0.29, 0.717) is 12.1 Å². The van der Waals surface area contributed by atoms with Gasteiger partial charge in [-0.25, -0.2) is 0 Å². The number of likely N-dealkylation sites (N-methyl/N-ethyl adjacent to an activating group) is 1. The van der Waals surface area contributed by atoms with Crippen LogP contribution < -0.4 is 0 Å². The summed E-state index contributed by atoms with van der Waals surface area (Å²) in [4.78, 5) is 20.4. The van der Waals surface area contributed by atoms with Gasteiger partial charge in [-0.05, 0) is 76.4 Å². The topological polar surface area (TPSA) is 48.6 Å². The lowest BCUT2D eigenvalue weighted by atomic mass is 9.91. The van der Waals surface area contributed by atoms with Gasteiger partial charge in [0.2, 0.25) is 0 Å². The maximum atomic E-state index is 12.9. The summed E-state index contributed by atoms with van der Waals surface area (Å²) in [7, 11) is 4.09. The summed E-state index contributed by atoms with van der Waals surface area (Å²) in [6, 6.07) is 8.21. The number of fused-ring (bicyclic) bond motifs is 1. The van der Waals surface area contributed by atoms with Crippen molar-refractivity contribution in [1.29, 1.82) is 0 Å². The quantitative estimate of drug-likeness (QED) is 0.373. The molecular formula is C26H39N3O2. The number of carbonyl (C=O) groups is 1. The van der Waals surface area contributed by atoms with E-state index in [1.807, 2.05) is 48.5 Å². The van der Waals surface area contributed by atoms with Crippen molar-refractivity contribution in [2.45, 2.75) is 63.5 Å². The van der Waals surface area contributed by atoms with Crippen LogP contribution in [-0.2, 0) is 4.74 Å². The second-order valence-corrected chi connectivity index (χ2v) is 8.96. The molecule has 0 bridgehead atoms. The number of carbonyl (C=O) groups excluding carboxylic acids is 1. The molecule has 2 aromatic rings. The van der Waals surface area contributed by atoms with Crippen LogP contribution in [0, 0.1) is 0 Å². The van der Waals surface area contributed by atoms with Gasteiger partial charge in [0.05, 0.1) is 6.10 Å². The highest BCUT2D eigenvalue weighted by atomic mass is 16.5. The number of nitrogens with zero attached hydrogens (tertiary/aromatic N) is 2. The van der Waals surface area contributed by atoms with Gasteiger partial charge in [0, 0.05) is 48.9 Å². The number of benzene rings is 1. The molecule has 1 aliphatic carbocycles. The number of aromatic nitrogens is 1. The lowest BCUT2D eigenvalue weighted by molar-refractivity contribution is 0.00908. The normalized spacial score (nSPS) is 19.1. The van der Waals surface area contributed by atoms with Gasteiger partial charge in [-0.1, -0.05) is 18.9 Å².